The first-order chi connectivity index (χ1) is 5.41. The van der Waals surface area contributed by atoms with E-state index in [1.807, 2.05) is 0 Å². The third-order valence-corrected chi connectivity index (χ3v) is 2.85. The van der Waals surface area contributed by atoms with Crippen LogP contribution in [0.25, 0.3) is 0 Å². The molecule has 0 saturated heterocycles. The second-order valence-corrected chi connectivity index (χ2v) is 4.88. The number of halogens is 1. The smallest absolute Gasteiger partial charge is 0.123 e. The number of nitrogens with one attached hydrogen (secondary N) is 1. The van der Waals surface area contributed by atoms with Crippen molar-refractivity contribution in [3.63, 3.8) is 0 Å². The molecule has 2 nitrogen and oxygen atoms in total. The van der Waals surface area contributed by atoms with Gasteiger partial charge in [-0.15, -0.1) is 0 Å². The third-order valence-electron chi connectivity index (χ3n) is 1.56. The second-order valence-electron chi connectivity index (χ2n) is 2.75. The first-order valence-corrected chi connectivity index (χ1v) is 5.38. The average molecular weight is 187 g/mol. The minimum atomic E-state index is -2.72. The van der Waals surface area contributed by atoms with Crippen LogP contribution in [0.5, 0.6) is 0 Å². The predicted octanol–water partition coefficient (Wildman–Crippen LogP) is 2.17. The quantitative estimate of drug-likeness (QED) is 0.719. The maximum absolute atomic E-state index is 12.6. The topological polar surface area (TPSA) is 40.9 Å². The molecule has 0 aliphatic carbocycles. The maximum atomic E-state index is 12.6. The molecule has 0 aliphatic rings. The Bertz CT molecular complexity index is 398. The fourth-order valence-corrected chi connectivity index (χ4v) is 2.05. The molecule has 0 spiro atoms. The van der Waals surface area contributed by atoms with E-state index in [4.69, 9.17) is 4.78 Å². The van der Waals surface area contributed by atoms with Crippen molar-refractivity contribution in [2.75, 3.05) is 6.26 Å². The Morgan fingerprint density at radius 2 is 2.08 bits per heavy atom. The molecule has 0 aliphatic heterocycles. The van der Waals surface area contributed by atoms with Crippen LogP contribution in [0.4, 0.5) is 4.39 Å². The Hall–Kier alpha value is -0.900. The highest BCUT2D eigenvalue weighted by Crippen LogP contribution is 2.15. The van der Waals surface area contributed by atoms with Gasteiger partial charge in [0.1, 0.15) is 5.82 Å². The SMILES string of the molecule is Cc1cc(F)ccc1S(C)(=N)=O. The monoisotopic (exact) mass is 187 g/mol. The van der Waals surface area contributed by atoms with Gasteiger partial charge in [-0.1, -0.05) is 0 Å². The van der Waals surface area contributed by atoms with Crippen molar-refractivity contribution >= 4 is 9.73 Å². The molecule has 4 heteroatoms. The van der Waals surface area contributed by atoms with Crippen LogP contribution in [0.2, 0.25) is 0 Å². The van der Waals surface area contributed by atoms with Gasteiger partial charge in [-0.2, -0.15) is 0 Å². The zero-order valence-electron chi connectivity index (χ0n) is 6.93. The summed E-state index contributed by atoms with van der Waals surface area (Å²) in [5, 5.41) is 0. The van der Waals surface area contributed by atoms with Crippen LogP contribution in [-0.4, -0.2) is 10.5 Å². The van der Waals surface area contributed by atoms with Gasteiger partial charge in [0, 0.05) is 6.26 Å². The molecule has 1 N–H and O–H groups in total. The van der Waals surface area contributed by atoms with E-state index >= 15 is 0 Å². The largest absolute Gasteiger partial charge is 0.249 e. The highest BCUT2D eigenvalue weighted by Gasteiger charge is 2.06. The molecule has 1 rings (SSSR count). The van der Waals surface area contributed by atoms with E-state index < -0.39 is 9.73 Å². The molecule has 1 aromatic carbocycles. The van der Waals surface area contributed by atoms with E-state index in [0.717, 1.165) is 0 Å². The fourth-order valence-electron chi connectivity index (χ4n) is 1.05. The summed E-state index contributed by atoms with van der Waals surface area (Å²) in [7, 11) is -2.72. The van der Waals surface area contributed by atoms with Gasteiger partial charge in [-0.3, -0.25) is 0 Å². The van der Waals surface area contributed by atoms with E-state index in [2.05, 4.69) is 0 Å². The zero-order valence-corrected chi connectivity index (χ0v) is 7.74. The lowest BCUT2D eigenvalue weighted by Gasteiger charge is -2.04. The molecule has 0 saturated carbocycles. The lowest BCUT2D eigenvalue weighted by molar-refractivity contribution is 0.624. The third kappa shape index (κ3) is 1.82. The van der Waals surface area contributed by atoms with Crippen LogP contribution in [0, 0.1) is 17.5 Å². The zero-order chi connectivity index (χ0) is 9.35. The number of rotatable bonds is 1. The van der Waals surface area contributed by atoms with Gasteiger partial charge in [0.25, 0.3) is 0 Å². The minimum Gasteiger partial charge on any atom is -0.249 e. The van der Waals surface area contributed by atoms with Crippen molar-refractivity contribution in [3.05, 3.63) is 29.6 Å². The second kappa shape index (κ2) is 2.86. The van der Waals surface area contributed by atoms with Gasteiger partial charge in [0.2, 0.25) is 0 Å². The first-order valence-electron chi connectivity index (χ1n) is 3.41. The van der Waals surface area contributed by atoms with Crippen LogP contribution in [-0.2, 0) is 9.73 Å². The highest BCUT2D eigenvalue weighted by molar-refractivity contribution is 7.91. The Morgan fingerprint density at radius 1 is 1.50 bits per heavy atom. The summed E-state index contributed by atoms with van der Waals surface area (Å²) < 4.78 is 31.1. The fraction of sp³-hybridized carbons (Fsp3) is 0.250. The summed E-state index contributed by atoms with van der Waals surface area (Å²) in [5.41, 5.74) is 0.567. The van der Waals surface area contributed by atoms with Gasteiger partial charge in [0.05, 0.1) is 14.6 Å². The summed E-state index contributed by atoms with van der Waals surface area (Å²) in [6.45, 7) is 1.65. The standard InChI is InChI=1S/C8H10FNOS/c1-6-5-7(9)3-4-8(6)12(2,10)11/h3-5,10H,1-2H3. The summed E-state index contributed by atoms with van der Waals surface area (Å²) >= 11 is 0. The molecule has 0 bridgehead atoms. The molecule has 0 heterocycles. The molecule has 0 aromatic heterocycles. The van der Waals surface area contributed by atoms with E-state index in [-0.39, 0.29) is 5.82 Å². The Labute approximate surface area is 71.4 Å². The Kier molecular flexibility index (Phi) is 2.19. The molecule has 66 valence electrons. The van der Waals surface area contributed by atoms with Crippen molar-refractivity contribution in [2.24, 2.45) is 0 Å². The molecule has 0 amide bonds. The molecule has 0 radical (unpaired) electrons. The first kappa shape index (κ1) is 9.19. The van der Waals surface area contributed by atoms with Gasteiger partial charge in [-0.25, -0.2) is 13.4 Å². The van der Waals surface area contributed by atoms with E-state index in [0.29, 0.717) is 10.5 Å². The summed E-state index contributed by atoms with van der Waals surface area (Å²) in [6, 6.07) is 3.91. The van der Waals surface area contributed by atoms with Crippen LogP contribution in [0.3, 0.4) is 0 Å². The summed E-state index contributed by atoms with van der Waals surface area (Å²) in [6.07, 6.45) is 1.33. The molecule has 1 aromatic rings. The van der Waals surface area contributed by atoms with Crippen LogP contribution in [0.1, 0.15) is 5.56 Å². The molecular formula is C8H10FNOS. The van der Waals surface area contributed by atoms with Gasteiger partial charge in [-0.05, 0) is 30.7 Å². The van der Waals surface area contributed by atoms with Gasteiger partial charge in [0.15, 0.2) is 0 Å². The van der Waals surface area contributed by atoms with E-state index in [1.54, 1.807) is 6.92 Å². The number of hydrogen-bond acceptors (Lipinski definition) is 2. The van der Waals surface area contributed by atoms with Crippen LogP contribution in [0.15, 0.2) is 23.1 Å². The Balaban J connectivity index is 3.39. The molecule has 0 fully saturated rings. The predicted molar refractivity (Wildman–Crippen MR) is 46.2 cm³/mol. The average Bonchev–Trinajstić information content (AvgIpc) is 1.83. The molecule has 1 unspecified atom stereocenters. The number of aryl methyl sites for hydroxylation is 1. The van der Waals surface area contributed by atoms with Crippen molar-refractivity contribution in [3.8, 4) is 0 Å². The minimum absolute atomic E-state index is 0.361. The van der Waals surface area contributed by atoms with Crippen molar-refractivity contribution in [1.29, 1.82) is 4.78 Å². The normalized spacial score (nSPS) is 15.6. The molecule has 1 atom stereocenters. The maximum Gasteiger partial charge on any atom is 0.123 e. The van der Waals surface area contributed by atoms with Crippen LogP contribution < -0.4 is 0 Å². The lowest BCUT2D eigenvalue weighted by atomic mass is 10.2. The molecule has 12 heavy (non-hydrogen) atoms. The number of benzene rings is 1. The summed E-state index contributed by atoms with van der Waals surface area (Å²) in [4.78, 5) is 0.406. The van der Waals surface area contributed by atoms with Gasteiger partial charge < -0.3 is 0 Å². The van der Waals surface area contributed by atoms with Crippen LogP contribution >= 0.6 is 0 Å². The summed E-state index contributed by atoms with van der Waals surface area (Å²) in [5.74, 6) is -0.361. The van der Waals surface area contributed by atoms with Crippen molar-refractivity contribution in [1.82, 2.24) is 0 Å². The van der Waals surface area contributed by atoms with Gasteiger partial charge >= 0.3 is 0 Å². The number of hydrogen-bond donors (Lipinski definition) is 1. The van der Waals surface area contributed by atoms with Crippen molar-refractivity contribution < 1.29 is 8.60 Å². The lowest BCUT2D eigenvalue weighted by Crippen LogP contribution is -1.98. The van der Waals surface area contributed by atoms with E-state index in [1.165, 1.54) is 24.5 Å². The highest BCUT2D eigenvalue weighted by atomic mass is 32.2. The van der Waals surface area contributed by atoms with Crippen molar-refractivity contribution in [2.45, 2.75) is 11.8 Å². The van der Waals surface area contributed by atoms with E-state index in [9.17, 15) is 8.60 Å². The molecular weight excluding hydrogens is 177 g/mol. The Morgan fingerprint density at radius 3 is 2.50 bits per heavy atom.